The highest BCUT2D eigenvalue weighted by atomic mass is 127. The van der Waals surface area contributed by atoms with Gasteiger partial charge in [0.05, 0.1) is 4.92 Å². The Morgan fingerprint density at radius 3 is 2.54 bits per heavy atom. The topological polar surface area (TPSA) is 160 Å². The van der Waals surface area contributed by atoms with Crippen molar-refractivity contribution < 1.29 is 39.6 Å². The third-order valence-electron chi connectivity index (χ3n) is 3.48. The number of nitrogens with zero attached hydrogens (tertiary/aromatic N) is 1. The number of alkyl halides is 1. The zero-order chi connectivity index (χ0) is 18.0. The number of nitro groups is 1. The number of carboxylic acids is 1. The highest BCUT2D eigenvalue weighted by Crippen LogP contribution is 2.34. The monoisotopic (exact) mass is 455 g/mol. The first-order chi connectivity index (χ1) is 11.3. The van der Waals surface area contributed by atoms with E-state index < -0.39 is 47.3 Å². The summed E-state index contributed by atoms with van der Waals surface area (Å²) in [5.41, 5.74) is 0.247. The second-order valence-electron chi connectivity index (χ2n) is 5.05. The van der Waals surface area contributed by atoms with E-state index in [0.717, 1.165) is 0 Å². The third-order valence-corrected chi connectivity index (χ3v) is 4.36. The molecule has 132 valence electrons. The van der Waals surface area contributed by atoms with Crippen molar-refractivity contribution in [2.75, 3.05) is 0 Å². The Morgan fingerprint density at radius 1 is 1.33 bits per heavy atom. The first-order valence-corrected chi connectivity index (χ1v) is 8.21. The molecule has 10 nitrogen and oxygen atoms in total. The molecule has 4 N–H and O–H groups in total. The fourth-order valence-corrected chi connectivity index (χ4v) is 2.70. The van der Waals surface area contributed by atoms with Gasteiger partial charge >= 0.3 is 11.7 Å². The Hall–Kier alpha value is -1.54. The minimum atomic E-state index is -1.90. The number of carboxylic acid groups (broad SMARTS) is 1. The highest BCUT2D eigenvalue weighted by molar-refractivity contribution is 14.1. The molecule has 1 aromatic rings. The quantitative estimate of drug-likeness (QED) is 0.208. The van der Waals surface area contributed by atoms with Crippen molar-refractivity contribution in [3.05, 3.63) is 33.9 Å². The fourth-order valence-electron chi connectivity index (χ4n) is 2.22. The molecule has 0 saturated carbocycles. The van der Waals surface area contributed by atoms with Crippen molar-refractivity contribution >= 4 is 34.2 Å². The van der Waals surface area contributed by atoms with Crippen LogP contribution in [-0.4, -0.2) is 56.1 Å². The number of rotatable bonds is 5. The van der Waals surface area contributed by atoms with E-state index >= 15 is 0 Å². The second kappa shape index (κ2) is 7.57. The summed E-state index contributed by atoms with van der Waals surface area (Å²) in [5, 5.41) is 49.2. The van der Waals surface area contributed by atoms with Gasteiger partial charge in [-0.2, -0.15) is 0 Å². The number of hydrogen-bond acceptors (Lipinski definition) is 8. The van der Waals surface area contributed by atoms with Crippen LogP contribution in [0.3, 0.4) is 0 Å². The number of benzene rings is 1. The van der Waals surface area contributed by atoms with E-state index in [2.05, 4.69) is 0 Å². The Morgan fingerprint density at radius 2 is 2.00 bits per heavy atom. The highest BCUT2D eigenvalue weighted by Gasteiger charge is 2.49. The summed E-state index contributed by atoms with van der Waals surface area (Å²) >= 11 is 2.02. The molecule has 1 saturated heterocycles. The van der Waals surface area contributed by atoms with Crippen molar-refractivity contribution in [2.24, 2.45) is 5.92 Å². The maximum absolute atomic E-state index is 11.3. The van der Waals surface area contributed by atoms with E-state index in [1.54, 1.807) is 6.07 Å². The summed E-state index contributed by atoms with van der Waals surface area (Å²) in [6.07, 6.45) is -7.33. The Kier molecular flexibility index (Phi) is 5.92. The van der Waals surface area contributed by atoms with Crippen LogP contribution < -0.4 is 4.74 Å². The maximum Gasteiger partial charge on any atom is 0.315 e. The molecule has 0 aromatic heterocycles. The molecule has 1 heterocycles. The van der Waals surface area contributed by atoms with E-state index in [1.807, 2.05) is 22.6 Å². The van der Waals surface area contributed by atoms with E-state index in [0.29, 0.717) is 9.99 Å². The second-order valence-corrected chi connectivity index (χ2v) is 5.81. The van der Waals surface area contributed by atoms with Crippen molar-refractivity contribution in [1.82, 2.24) is 0 Å². The molecule has 0 radical (unpaired) electrons. The third kappa shape index (κ3) is 3.75. The molecule has 5 atom stereocenters. The van der Waals surface area contributed by atoms with Crippen molar-refractivity contribution in [3.8, 4) is 5.75 Å². The van der Waals surface area contributed by atoms with Crippen LogP contribution in [0.2, 0.25) is 0 Å². The zero-order valence-corrected chi connectivity index (χ0v) is 14.1. The van der Waals surface area contributed by atoms with Gasteiger partial charge in [-0.25, -0.2) is 0 Å². The van der Waals surface area contributed by atoms with Crippen LogP contribution in [-0.2, 0) is 14.0 Å². The number of aliphatic hydroxyl groups excluding tert-OH is 3. The van der Waals surface area contributed by atoms with E-state index in [-0.39, 0.29) is 5.75 Å². The van der Waals surface area contributed by atoms with Gasteiger partial charge in [0.2, 0.25) is 6.29 Å². The van der Waals surface area contributed by atoms with Gasteiger partial charge < -0.3 is 29.9 Å². The lowest BCUT2D eigenvalue weighted by Crippen LogP contribution is -2.58. The van der Waals surface area contributed by atoms with Gasteiger partial charge in [0.25, 0.3) is 0 Å². The maximum atomic E-state index is 11.3. The lowest BCUT2D eigenvalue weighted by atomic mass is 9.94. The van der Waals surface area contributed by atoms with Gasteiger partial charge in [-0.1, -0.05) is 28.7 Å². The Labute approximate surface area is 148 Å². The smallest absolute Gasteiger partial charge is 0.315 e. The van der Waals surface area contributed by atoms with Crippen LogP contribution in [0.4, 0.5) is 5.69 Å². The number of hydrogen-bond donors (Lipinski definition) is 4. The summed E-state index contributed by atoms with van der Waals surface area (Å²) in [6, 6.07) is 4.09. The summed E-state index contributed by atoms with van der Waals surface area (Å²) in [6.45, 7) is 0. The number of aliphatic carboxylic acids is 1. The van der Waals surface area contributed by atoms with Crippen LogP contribution in [0.5, 0.6) is 5.75 Å². The van der Waals surface area contributed by atoms with E-state index in [9.17, 15) is 35.3 Å². The van der Waals surface area contributed by atoms with E-state index in [1.165, 1.54) is 12.1 Å². The molecule has 1 aliphatic rings. The molecule has 0 spiro atoms. The molecule has 1 aliphatic heterocycles. The zero-order valence-electron chi connectivity index (χ0n) is 12.0. The molecule has 1 aromatic carbocycles. The van der Waals surface area contributed by atoms with Crippen LogP contribution >= 0.6 is 22.6 Å². The lowest BCUT2D eigenvalue weighted by Gasteiger charge is -2.38. The molecular weight excluding hydrogens is 441 g/mol. The van der Waals surface area contributed by atoms with Gasteiger partial charge in [0, 0.05) is 10.5 Å². The molecule has 11 heteroatoms. The average molecular weight is 455 g/mol. The van der Waals surface area contributed by atoms with Gasteiger partial charge in [0.15, 0.2) is 12.0 Å². The number of nitro benzene ring substituents is 1. The predicted molar refractivity (Wildman–Crippen MR) is 85.5 cm³/mol. The average Bonchev–Trinajstić information content (AvgIpc) is 2.52. The van der Waals surface area contributed by atoms with Crippen LogP contribution in [0.25, 0.3) is 0 Å². The summed E-state index contributed by atoms with van der Waals surface area (Å²) < 4.78 is 10.6. The van der Waals surface area contributed by atoms with Crippen molar-refractivity contribution in [1.29, 1.82) is 0 Å². The predicted octanol–water partition coefficient (Wildman–Crippen LogP) is 0.00590. The lowest BCUT2D eigenvalue weighted by molar-refractivity contribution is -0.387. The molecule has 0 amide bonds. The molecule has 5 unspecified atom stereocenters. The van der Waals surface area contributed by atoms with Gasteiger partial charge in [-0.15, -0.1) is 0 Å². The van der Waals surface area contributed by atoms with Crippen LogP contribution in [0, 0.1) is 16.0 Å². The molecule has 1 fully saturated rings. The molecule has 24 heavy (non-hydrogen) atoms. The minimum absolute atomic E-state index is 0.277. The van der Waals surface area contributed by atoms with Gasteiger partial charge in [0.1, 0.15) is 18.1 Å². The van der Waals surface area contributed by atoms with Crippen LogP contribution in [0.15, 0.2) is 18.2 Å². The number of aliphatic hydroxyl groups is 3. The van der Waals surface area contributed by atoms with E-state index in [4.69, 9.17) is 9.47 Å². The summed E-state index contributed by atoms with van der Waals surface area (Å²) in [4.78, 5) is 21.7. The Balaban J connectivity index is 2.34. The molecule has 0 aliphatic carbocycles. The van der Waals surface area contributed by atoms with Crippen LogP contribution in [0.1, 0.15) is 5.56 Å². The molecular formula is C13H14INO9. The number of carbonyl (C=O) groups is 1. The molecule has 2 rings (SSSR count). The standard InChI is InChI=1S/C13H14INO9/c14-4-5-1-2-7(6(3-5)15(21)22)23-13-8(11(18)19)9(16)10(17)12(20)24-13/h1-3,8-10,12-13,16-17,20H,4H2,(H,18,19). The molecule has 0 bridgehead atoms. The summed E-state index contributed by atoms with van der Waals surface area (Å²) in [7, 11) is 0. The van der Waals surface area contributed by atoms with Crippen molar-refractivity contribution in [2.45, 2.75) is 29.2 Å². The number of ether oxygens (including phenoxy) is 2. The largest absolute Gasteiger partial charge is 0.481 e. The minimum Gasteiger partial charge on any atom is -0.481 e. The summed E-state index contributed by atoms with van der Waals surface area (Å²) in [5.74, 6) is -3.57. The fraction of sp³-hybridized carbons (Fsp3) is 0.462. The normalized spacial score (nSPS) is 29.9. The SMILES string of the molecule is O=C(O)C1C(Oc2ccc(CI)cc2[N+](=O)[O-])OC(O)C(O)C1O. The van der Waals surface area contributed by atoms with Crippen molar-refractivity contribution in [3.63, 3.8) is 0 Å². The first kappa shape index (κ1) is 18.8. The number of halogens is 1. The van der Waals surface area contributed by atoms with Gasteiger partial charge in [-0.05, 0) is 11.6 Å². The first-order valence-electron chi connectivity index (χ1n) is 6.68. The Bertz CT molecular complexity index is 640. The van der Waals surface area contributed by atoms with Gasteiger partial charge in [-0.3, -0.25) is 14.9 Å².